The highest BCUT2D eigenvalue weighted by atomic mass is 16.6. The zero-order chi connectivity index (χ0) is 25.9. The Hall–Kier alpha value is -3.18. The van der Waals surface area contributed by atoms with Crippen molar-refractivity contribution in [2.75, 3.05) is 0 Å². The van der Waals surface area contributed by atoms with Crippen molar-refractivity contribution in [2.45, 2.75) is 98.8 Å². The largest absolute Gasteiger partial charge is 0.459 e. The fourth-order valence-electron chi connectivity index (χ4n) is 2.60. The van der Waals surface area contributed by atoms with E-state index in [1.165, 1.54) is 0 Å². The lowest BCUT2D eigenvalue weighted by Crippen LogP contribution is -2.57. The average molecular weight is 472 g/mol. The molecule has 0 aliphatic rings. The summed E-state index contributed by atoms with van der Waals surface area (Å²) in [6.07, 6.45) is 0. The zero-order valence-corrected chi connectivity index (χ0v) is 20.6. The summed E-state index contributed by atoms with van der Waals surface area (Å²) in [6, 6.07) is 0. The lowest BCUT2D eigenvalue weighted by Gasteiger charge is -2.22. The summed E-state index contributed by atoms with van der Waals surface area (Å²) in [5.41, 5.74) is -6.37. The molecule has 0 N–H and O–H groups in total. The van der Waals surface area contributed by atoms with Crippen molar-refractivity contribution in [3.05, 3.63) is 31.5 Å². The molecule has 0 saturated heterocycles. The smallest absolute Gasteiger partial charge is 0.337 e. The van der Waals surface area contributed by atoms with Crippen molar-refractivity contribution >= 4 is 17.9 Å². The van der Waals surface area contributed by atoms with Crippen molar-refractivity contribution in [3.63, 3.8) is 0 Å². The molecular formula is C21H33N3O9. The van der Waals surface area contributed by atoms with Crippen LogP contribution in [0.3, 0.4) is 0 Å². The number of ether oxygens (including phenoxy) is 3. The fourth-order valence-corrected chi connectivity index (χ4v) is 2.60. The second kappa shape index (κ2) is 9.75. The van der Waals surface area contributed by atoms with Gasteiger partial charge < -0.3 is 14.2 Å². The Morgan fingerprint density at radius 3 is 0.848 bits per heavy atom. The molecule has 0 fully saturated rings. The standard InChI is InChI=1S/C21H33N3O9/c1-19(2,3)31-13(25)10-22-16(28)23(11-14(26)32-20(4,5)6)18(30)24(17(22)29)12-15(27)33-21(7,8)9/h10-12H2,1-9H3. The molecule has 33 heavy (non-hydrogen) atoms. The maximum Gasteiger partial charge on any atom is 0.337 e. The maximum absolute atomic E-state index is 12.9. The van der Waals surface area contributed by atoms with E-state index in [4.69, 9.17) is 14.2 Å². The number of nitrogens with zero attached hydrogens (tertiary/aromatic N) is 3. The monoisotopic (exact) mass is 471 g/mol. The Kier molecular flexibility index (Phi) is 8.23. The number of carbonyl (C=O) groups excluding carboxylic acids is 3. The number of aromatic nitrogens is 3. The molecule has 0 radical (unpaired) electrons. The molecule has 0 spiro atoms. The Labute approximate surface area is 191 Å². The third kappa shape index (κ3) is 9.07. The molecule has 1 aromatic heterocycles. The van der Waals surface area contributed by atoms with Gasteiger partial charge in [-0.1, -0.05) is 0 Å². The van der Waals surface area contributed by atoms with Gasteiger partial charge in [0.1, 0.15) is 36.4 Å². The number of rotatable bonds is 6. The van der Waals surface area contributed by atoms with Crippen LogP contribution < -0.4 is 17.1 Å². The summed E-state index contributed by atoms with van der Waals surface area (Å²) in [4.78, 5) is 75.4. The molecule has 0 bridgehead atoms. The van der Waals surface area contributed by atoms with Crippen LogP contribution in [0.1, 0.15) is 62.3 Å². The molecule has 1 heterocycles. The van der Waals surface area contributed by atoms with E-state index in [0.717, 1.165) is 0 Å². The van der Waals surface area contributed by atoms with Crippen LogP contribution in [0.2, 0.25) is 0 Å². The minimum atomic E-state index is -1.22. The van der Waals surface area contributed by atoms with E-state index < -0.39 is 71.4 Å². The van der Waals surface area contributed by atoms with Crippen LogP contribution in [0.4, 0.5) is 0 Å². The van der Waals surface area contributed by atoms with Gasteiger partial charge in [-0.15, -0.1) is 0 Å². The summed E-state index contributed by atoms with van der Waals surface area (Å²) in [5, 5.41) is 0. The van der Waals surface area contributed by atoms with Gasteiger partial charge in [0, 0.05) is 0 Å². The third-order valence-electron chi connectivity index (χ3n) is 3.51. The highest BCUT2D eigenvalue weighted by Gasteiger charge is 2.26. The fraction of sp³-hybridized carbons (Fsp3) is 0.714. The van der Waals surface area contributed by atoms with Crippen molar-refractivity contribution in [3.8, 4) is 0 Å². The number of hydrogen-bond donors (Lipinski definition) is 0. The van der Waals surface area contributed by atoms with Crippen LogP contribution in [0.15, 0.2) is 14.4 Å². The molecule has 1 rings (SSSR count). The molecule has 1 aromatic rings. The average Bonchev–Trinajstić information content (AvgIpc) is 2.54. The molecule has 12 nitrogen and oxygen atoms in total. The number of hydrogen-bond acceptors (Lipinski definition) is 9. The van der Waals surface area contributed by atoms with Crippen LogP contribution in [-0.2, 0) is 48.2 Å². The van der Waals surface area contributed by atoms with Gasteiger partial charge in [-0.05, 0) is 62.3 Å². The van der Waals surface area contributed by atoms with E-state index in [1.54, 1.807) is 62.3 Å². The van der Waals surface area contributed by atoms with E-state index in [9.17, 15) is 28.8 Å². The Balaban J connectivity index is 3.57. The predicted molar refractivity (Wildman–Crippen MR) is 117 cm³/mol. The van der Waals surface area contributed by atoms with Crippen molar-refractivity contribution in [2.24, 2.45) is 0 Å². The summed E-state index contributed by atoms with van der Waals surface area (Å²) in [7, 11) is 0. The number of carbonyl (C=O) groups is 3. The summed E-state index contributed by atoms with van der Waals surface area (Å²) in [6.45, 7) is 11.8. The topological polar surface area (TPSA) is 145 Å². The molecule has 12 heteroatoms. The van der Waals surface area contributed by atoms with Gasteiger partial charge in [0.15, 0.2) is 0 Å². The van der Waals surface area contributed by atoms with Crippen LogP contribution in [0.25, 0.3) is 0 Å². The van der Waals surface area contributed by atoms with Crippen LogP contribution >= 0.6 is 0 Å². The Morgan fingerprint density at radius 1 is 0.515 bits per heavy atom. The summed E-state index contributed by atoms with van der Waals surface area (Å²) >= 11 is 0. The first-order valence-corrected chi connectivity index (χ1v) is 10.3. The van der Waals surface area contributed by atoms with Crippen molar-refractivity contribution < 1.29 is 28.6 Å². The van der Waals surface area contributed by atoms with E-state index >= 15 is 0 Å². The van der Waals surface area contributed by atoms with Crippen LogP contribution in [0, 0.1) is 0 Å². The van der Waals surface area contributed by atoms with Crippen molar-refractivity contribution in [1.82, 2.24) is 13.7 Å². The zero-order valence-electron chi connectivity index (χ0n) is 20.6. The van der Waals surface area contributed by atoms with Gasteiger partial charge in [-0.25, -0.2) is 28.1 Å². The highest BCUT2D eigenvalue weighted by Crippen LogP contribution is 2.09. The molecule has 0 aromatic carbocycles. The Bertz CT molecular complexity index is 919. The second-order valence-electron chi connectivity index (χ2n) is 10.4. The van der Waals surface area contributed by atoms with Gasteiger partial charge in [0.2, 0.25) is 0 Å². The minimum Gasteiger partial charge on any atom is -0.459 e. The van der Waals surface area contributed by atoms with E-state index in [1.807, 2.05) is 0 Å². The van der Waals surface area contributed by atoms with Crippen LogP contribution in [0.5, 0.6) is 0 Å². The van der Waals surface area contributed by atoms with Crippen LogP contribution in [-0.4, -0.2) is 48.4 Å². The molecular weight excluding hydrogens is 438 g/mol. The van der Waals surface area contributed by atoms with Gasteiger partial charge in [-0.2, -0.15) is 0 Å². The van der Waals surface area contributed by atoms with Gasteiger partial charge in [-0.3, -0.25) is 14.4 Å². The number of esters is 3. The molecule has 186 valence electrons. The molecule has 0 unspecified atom stereocenters. The molecule has 0 amide bonds. The molecule has 0 aliphatic heterocycles. The predicted octanol–water partition coefficient (Wildman–Crippen LogP) is 0.197. The first kappa shape index (κ1) is 27.9. The van der Waals surface area contributed by atoms with E-state index in [2.05, 4.69) is 0 Å². The lowest BCUT2D eigenvalue weighted by molar-refractivity contribution is -0.156. The highest BCUT2D eigenvalue weighted by molar-refractivity contribution is 5.71. The van der Waals surface area contributed by atoms with Gasteiger partial charge >= 0.3 is 35.0 Å². The van der Waals surface area contributed by atoms with E-state index in [-0.39, 0.29) is 0 Å². The summed E-state index contributed by atoms with van der Waals surface area (Å²) in [5.74, 6) is -2.77. The second-order valence-corrected chi connectivity index (χ2v) is 10.4. The minimum absolute atomic E-state index is 0.421. The van der Waals surface area contributed by atoms with Gasteiger partial charge in [0.05, 0.1) is 0 Å². The van der Waals surface area contributed by atoms with Crippen molar-refractivity contribution in [1.29, 1.82) is 0 Å². The molecule has 0 aliphatic carbocycles. The maximum atomic E-state index is 12.9. The lowest BCUT2D eigenvalue weighted by atomic mass is 10.2. The first-order valence-electron chi connectivity index (χ1n) is 10.3. The molecule has 0 saturated carbocycles. The normalized spacial score (nSPS) is 12.3. The Morgan fingerprint density at radius 2 is 0.697 bits per heavy atom. The van der Waals surface area contributed by atoms with Gasteiger partial charge in [0.25, 0.3) is 0 Å². The first-order chi connectivity index (χ1) is 14.7. The summed E-state index contributed by atoms with van der Waals surface area (Å²) < 4.78 is 16.7. The third-order valence-corrected chi connectivity index (χ3v) is 3.51. The van der Waals surface area contributed by atoms with E-state index in [0.29, 0.717) is 13.7 Å². The molecule has 0 atom stereocenters. The SMILES string of the molecule is CC(C)(C)OC(=O)Cn1c(=O)n(CC(=O)OC(C)(C)C)c(=O)n(CC(=O)OC(C)(C)C)c1=O. The quantitative estimate of drug-likeness (QED) is 0.419.